The van der Waals surface area contributed by atoms with E-state index in [9.17, 15) is 0 Å². The number of rotatable bonds is 3. The van der Waals surface area contributed by atoms with Crippen LogP contribution in [0, 0.1) is 0 Å². The van der Waals surface area contributed by atoms with Crippen LogP contribution in [0.3, 0.4) is 0 Å². The molecule has 0 heterocycles. The van der Waals surface area contributed by atoms with E-state index in [1.807, 2.05) is 30.5 Å². The number of thioether (sulfide) groups is 1. The maximum atomic E-state index is 8.82. The molecule has 0 fully saturated rings. The average molecular weight is 220 g/mol. The third-order valence-corrected chi connectivity index (χ3v) is 2.44. The molecule has 0 saturated heterocycles. The quantitative estimate of drug-likeness (QED) is 0.763. The van der Waals surface area contributed by atoms with Gasteiger partial charge in [0.05, 0.1) is 12.6 Å². The van der Waals surface area contributed by atoms with Gasteiger partial charge in [0.15, 0.2) is 0 Å². The molecule has 0 aromatic heterocycles. The van der Waals surface area contributed by atoms with E-state index in [0.717, 1.165) is 5.56 Å². The van der Waals surface area contributed by atoms with Gasteiger partial charge in [-0.3, -0.25) is 0 Å². The first-order valence-corrected chi connectivity index (χ1v) is 5.00. The van der Waals surface area contributed by atoms with Crippen LogP contribution in [0.25, 0.3) is 0 Å². The van der Waals surface area contributed by atoms with Gasteiger partial charge in [0, 0.05) is 4.90 Å². The zero-order valence-electron chi connectivity index (χ0n) is 7.43. The maximum absolute atomic E-state index is 8.82. The van der Waals surface area contributed by atoms with Crippen LogP contribution in [-0.4, -0.2) is 18.0 Å². The summed E-state index contributed by atoms with van der Waals surface area (Å²) in [6.07, 6.45) is 2.02. The third kappa shape index (κ3) is 3.56. The van der Waals surface area contributed by atoms with E-state index in [4.69, 9.17) is 10.8 Å². The van der Waals surface area contributed by atoms with Crippen molar-refractivity contribution in [2.75, 3.05) is 12.9 Å². The molecule has 1 aromatic carbocycles. The molecule has 0 amide bonds. The van der Waals surface area contributed by atoms with Gasteiger partial charge in [-0.25, -0.2) is 0 Å². The van der Waals surface area contributed by atoms with Gasteiger partial charge in [0.2, 0.25) is 0 Å². The fraction of sp³-hybridized carbons (Fsp3) is 0.333. The number of hydrogen-bond donors (Lipinski definition) is 2. The second-order valence-corrected chi connectivity index (χ2v) is 3.45. The first-order valence-electron chi connectivity index (χ1n) is 3.78. The lowest BCUT2D eigenvalue weighted by Gasteiger charge is -2.08. The Bertz CT molecular complexity index is 257. The third-order valence-electron chi connectivity index (χ3n) is 1.72. The van der Waals surface area contributed by atoms with Gasteiger partial charge < -0.3 is 10.8 Å². The van der Waals surface area contributed by atoms with Gasteiger partial charge in [-0.1, -0.05) is 12.1 Å². The average Bonchev–Trinajstić information content (AvgIpc) is 2.17. The highest BCUT2D eigenvalue weighted by Gasteiger charge is 2.03. The first kappa shape index (κ1) is 12.8. The van der Waals surface area contributed by atoms with Gasteiger partial charge in [-0.2, -0.15) is 0 Å². The summed E-state index contributed by atoms with van der Waals surface area (Å²) in [6.45, 7) is -0.00215. The largest absolute Gasteiger partial charge is 0.394 e. The monoisotopic (exact) mass is 219 g/mol. The normalized spacial score (nSPS) is 11.9. The molecule has 0 radical (unpaired) electrons. The van der Waals surface area contributed by atoms with Crippen LogP contribution in [0.5, 0.6) is 0 Å². The number of hydrogen-bond acceptors (Lipinski definition) is 3. The van der Waals surface area contributed by atoms with E-state index in [-0.39, 0.29) is 25.1 Å². The van der Waals surface area contributed by atoms with E-state index >= 15 is 0 Å². The van der Waals surface area contributed by atoms with Crippen LogP contribution in [0.2, 0.25) is 0 Å². The van der Waals surface area contributed by atoms with Crippen molar-refractivity contribution < 1.29 is 5.11 Å². The lowest BCUT2D eigenvalue weighted by Crippen LogP contribution is -2.14. The van der Waals surface area contributed by atoms with Crippen molar-refractivity contribution in [3.05, 3.63) is 29.8 Å². The Kier molecular flexibility index (Phi) is 6.16. The van der Waals surface area contributed by atoms with Crippen molar-refractivity contribution in [1.82, 2.24) is 0 Å². The SMILES string of the molecule is CSc1cccc([C@@H](N)CO)c1.Cl. The summed E-state index contributed by atoms with van der Waals surface area (Å²) >= 11 is 1.67. The van der Waals surface area contributed by atoms with Crippen LogP contribution in [0.15, 0.2) is 29.2 Å². The van der Waals surface area contributed by atoms with E-state index in [2.05, 4.69) is 0 Å². The Labute approximate surface area is 88.9 Å². The van der Waals surface area contributed by atoms with Crippen molar-refractivity contribution in [3.8, 4) is 0 Å². The van der Waals surface area contributed by atoms with Crippen molar-refractivity contribution in [1.29, 1.82) is 0 Å². The van der Waals surface area contributed by atoms with Crippen molar-refractivity contribution in [2.45, 2.75) is 10.9 Å². The lowest BCUT2D eigenvalue weighted by atomic mass is 10.1. The Hall–Kier alpha value is -0.220. The molecule has 0 aliphatic rings. The maximum Gasteiger partial charge on any atom is 0.0624 e. The number of aliphatic hydroxyl groups excluding tert-OH is 1. The Balaban J connectivity index is 0.00000144. The topological polar surface area (TPSA) is 46.2 Å². The molecule has 2 nitrogen and oxygen atoms in total. The fourth-order valence-corrected chi connectivity index (χ4v) is 1.45. The second kappa shape index (κ2) is 6.27. The van der Waals surface area contributed by atoms with Gasteiger partial charge >= 0.3 is 0 Å². The summed E-state index contributed by atoms with van der Waals surface area (Å²) in [5.74, 6) is 0. The minimum absolute atomic E-state index is 0. The summed E-state index contributed by atoms with van der Waals surface area (Å²) < 4.78 is 0. The molecule has 74 valence electrons. The predicted octanol–water partition coefficient (Wildman–Crippen LogP) is 1.82. The molecular weight excluding hydrogens is 206 g/mol. The fourth-order valence-electron chi connectivity index (χ4n) is 0.978. The Morgan fingerprint density at radius 2 is 2.23 bits per heavy atom. The molecule has 0 saturated carbocycles. The van der Waals surface area contributed by atoms with Crippen LogP contribution in [-0.2, 0) is 0 Å². The molecule has 13 heavy (non-hydrogen) atoms. The van der Waals surface area contributed by atoms with Crippen molar-refractivity contribution >= 4 is 24.2 Å². The molecular formula is C9H14ClNOS. The summed E-state index contributed by atoms with van der Waals surface area (Å²) in [5.41, 5.74) is 6.65. The number of halogens is 1. The zero-order chi connectivity index (χ0) is 8.97. The predicted molar refractivity (Wildman–Crippen MR) is 59.5 cm³/mol. The highest BCUT2D eigenvalue weighted by molar-refractivity contribution is 7.98. The molecule has 0 unspecified atom stereocenters. The molecule has 0 aliphatic carbocycles. The standard InChI is InChI=1S/C9H13NOS.ClH/c1-12-8-4-2-3-7(5-8)9(10)6-11;/h2-5,9,11H,6,10H2,1H3;1H/t9-;/m0./s1. The van der Waals surface area contributed by atoms with Gasteiger partial charge in [-0.05, 0) is 24.0 Å². The number of benzene rings is 1. The lowest BCUT2D eigenvalue weighted by molar-refractivity contribution is 0.268. The summed E-state index contributed by atoms with van der Waals surface area (Å²) in [7, 11) is 0. The molecule has 4 heteroatoms. The smallest absolute Gasteiger partial charge is 0.0624 e. The summed E-state index contributed by atoms with van der Waals surface area (Å²) in [6, 6.07) is 7.67. The summed E-state index contributed by atoms with van der Waals surface area (Å²) in [4.78, 5) is 1.18. The van der Waals surface area contributed by atoms with Crippen LogP contribution < -0.4 is 5.73 Å². The molecule has 0 bridgehead atoms. The van der Waals surface area contributed by atoms with Gasteiger partial charge in [0.1, 0.15) is 0 Å². The molecule has 0 spiro atoms. The van der Waals surface area contributed by atoms with E-state index in [1.165, 1.54) is 4.90 Å². The minimum atomic E-state index is -0.253. The molecule has 3 N–H and O–H groups in total. The molecule has 1 aromatic rings. The van der Waals surface area contributed by atoms with Crippen LogP contribution >= 0.6 is 24.2 Å². The van der Waals surface area contributed by atoms with Crippen molar-refractivity contribution in [3.63, 3.8) is 0 Å². The van der Waals surface area contributed by atoms with Crippen LogP contribution in [0.1, 0.15) is 11.6 Å². The Morgan fingerprint density at radius 3 is 2.77 bits per heavy atom. The van der Waals surface area contributed by atoms with Crippen LogP contribution in [0.4, 0.5) is 0 Å². The highest BCUT2D eigenvalue weighted by atomic mass is 35.5. The van der Waals surface area contributed by atoms with E-state index in [0.29, 0.717) is 0 Å². The van der Waals surface area contributed by atoms with Gasteiger partial charge in [0.25, 0.3) is 0 Å². The molecule has 0 aliphatic heterocycles. The van der Waals surface area contributed by atoms with Crippen molar-refractivity contribution in [2.24, 2.45) is 5.73 Å². The second-order valence-electron chi connectivity index (χ2n) is 2.57. The van der Waals surface area contributed by atoms with E-state index in [1.54, 1.807) is 11.8 Å². The number of aliphatic hydroxyl groups is 1. The minimum Gasteiger partial charge on any atom is -0.394 e. The number of nitrogens with two attached hydrogens (primary N) is 1. The summed E-state index contributed by atoms with van der Waals surface area (Å²) in [5, 5.41) is 8.82. The van der Waals surface area contributed by atoms with E-state index < -0.39 is 0 Å². The highest BCUT2D eigenvalue weighted by Crippen LogP contribution is 2.18. The molecule has 1 atom stereocenters. The molecule has 1 rings (SSSR count). The first-order chi connectivity index (χ1) is 5.77. The zero-order valence-corrected chi connectivity index (χ0v) is 9.07. The van der Waals surface area contributed by atoms with Gasteiger partial charge in [-0.15, -0.1) is 24.2 Å². The Morgan fingerprint density at radius 1 is 1.54 bits per heavy atom.